The molecule has 1 aliphatic heterocycles. The maximum absolute atomic E-state index is 12.4. The number of carbonyl (C=O) groups excluding carboxylic acids is 1. The van der Waals surface area contributed by atoms with Crippen molar-refractivity contribution in [3.8, 4) is 17.1 Å². The smallest absolute Gasteiger partial charge is 0.242 e. The van der Waals surface area contributed by atoms with E-state index in [-0.39, 0.29) is 12.5 Å². The van der Waals surface area contributed by atoms with Crippen LogP contribution in [0, 0.1) is 0 Å². The second-order valence-corrected chi connectivity index (χ2v) is 9.84. The minimum Gasteiger partial charge on any atom is -0.497 e. The number of halogens is 1. The highest BCUT2D eigenvalue weighted by Gasteiger charge is 2.19. The molecule has 0 saturated carbocycles. The number of nitrogens with one attached hydrogen (secondary N) is 1. The Labute approximate surface area is 224 Å². The minimum absolute atomic E-state index is 0.108. The Hall–Kier alpha value is -3.63. The fourth-order valence-electron chi connectivity index (χ4n) is 4.32. The number of furan rings is 1. The lowest BCUT2D eigenvalue weighted by Crippen LogP contribution is -2.46. The molecule has 1 saturated heterocycles. The Morgan fingerprint density at radius 3 is 2.68 bits per heavy atom. The van der Waals surface area contributed by atoms with Gasteiger partial charge in [-0.15, -0.1) is 5.10 Å². The average molecular weight is 565 g/mol. The van der Waals surface area contributed by atoms with Crippen LogP contribution in [0.5, 0.6) is 5.75 Å². The standard InChI is InChI=1S/C27H29BrN6O3/c1-36-24-4-2-3-23(15-24)33-13-11-32(12-14-33)17-22-18-34(31-30-22)19-27(35)29-16-25-9-10-26(37-25)20-5-7-21(28)8-6-20/h2-10,15,18H,11-14,16-17,19H2,1H3,(H,29,35). The van der Waals surface area contributed by atoms with Crippen LogP contribution >= 0.6 is 15.9 Å². The second-order valence-electron chi connectivity index (χ2n) is 8.92. The predicted octanol–water partition coefficient (Wildman–Crippen LogP) is 3.95. The number of piperazine rings is 1. The fourth-order valence-corrected chi connectivity index (χ4v) is 4.58. The molecule has 2 aromatic heterocycles. The lowest BCUT2D eigenvalue weighted by molar-refractivity contribution is -0.122. The summed E-state index contributed by atoms with van der Waals surface area (Å²) < 4.78 is 13.8. The number of ether oxygens (including phenoxy) is 1. The molecule has 1 N–H and O–H groups in total. The van der Waals surface area contributed by atoms with E-state index < -0.39 is 0 Å². The van der Waals surface area contributed by atoms with Gasteiger partial charge in [0.2, 0.25) is 5.91 Å². The van der Waals surface area contributed by atoms with Gasteiger partial charge in [-0.1, -0.05) is 39.3 Å². The molecule has 37 heavy (non-hydrogen) atoms. The number of anilines is 1. The Morgan fingerprint density at radius 1 is 1.08 bits per heavy atom. The Balaban J connectivity index is 1.06. The Kier molecular flexibility index (Phi) is 7.86. The third kappa shape index (κ3) is 6.58. The molecule has 0 atom stereocenters. The van der Waals surface area contributed by atoms with E-state index >= 15 is 0 Å². The topological polar surface area (TPSA) is 88.7 Å². The highest BCUT2D eigenvalue weighted by atomic mass is 79.9. The van der Waals surface area contributed by atoms with Gasteiger partial charge in [-0.2, -0.15) is 0 Å². The van der Waals surface area contributed by atoms with E-state index in [2.05, 4.69) is 53.5 Å². The molecule has 1 fully saturated rings. The van der Waals surface area contributed by atoms with Crippen LogP contribution in [0.15, 0.2) is 75.8 Å². The van der Waals surface area contributed by atoms with Crippen molar-refractivity contribution in [1.82, 2.24) is 25.2 Å². The molecular weight excluding hydrogens is 536 g/mol. The number of nitrogens with zero attached hydrogens (tertiary/aromatic N) is 5. The van der Waals surface area contributed by atoms with E-state index in [1.807, 2.05) is 54.7 Å². The van der Waals surface area contributed by atoms with Crippen LogP contribution in [0.1, 0.15) is 11.5 Å². The fraction of sp³-hybridized carbons (Fsp3) is 0.296. The first-order valence-electron chi connectivity index (χ1n) is 12.2. The van der Waals surface area contributed by atoms with Gasteiger partial charge in [0.15, 0.2) is 0 Å². The molecule has 4 aromatic rings. The normalized spacial score (nSPS) is 14.1. The van der Waals surface area contributed by atoms with Crippen molar-refractivity contribution in [3.63, 3.8) is 0 Å². The van der Waals surface area contributed by atoms with Gasteiger partial charge in [0, 0.05) is 54.5 Å². The van der Waals surface area contributed by atoms with Crippen molar-refractivity contribution in [3.05, 3.63) is 82.8 Å². The van der Waals surface area contributed by atoms with Gasteiger partial charge in [0.05, 0.1) is 25.5 Å². The highest BCUT2D eigenvalue weighted by molar-refractivity contribution is 9.10. The maximum Gasteiger partial charge on any atom is 0.242 e. The summed E-state index contributed by atoms with van der Waals surface area (Å²) in [7, 11) is 1.69. The van der Waals surface area contributed by atoms with Crippen LogP contribution < -0.4 is 15.0 Å². The van der Waals surface area contributed by atoms with Crippen molar-refractivity contribution in [2.45, 2.75) is 19.6 Å². The molecule has 0 bridgehead atoms. The molecule has 2 aromatic carbocycles. The van der Waals surface area contributed by atoms with Crippen LogP contribution in [0.4, 0.5) is 5.69 Å². The first kappa shape index (κ1) is 25.0. The quantitative estimate of drug-likeness (QED) is 0.329. The largest absolute Gasteiger partial charge is 0.497 e. The average Bonchev–Trinajstić information content (AvgIpc) is 3.58. The summed E-state index contributed by atoms with van der Waals surface area (Å²) in [5, 5.41) is 11.3. The summed E-state index contributed by atoms with van der Waals surface area (Å²) in [4.78, 5) is 17.2. The molecular formula is C27H29BrN6O3. The zero-order valence-corrected chi connectivity index (χ0v) is 22.2. The zero-order valence-electron chi connectivity index (χ0n) is 20.6. The van der Waals surface area contributed by atoms with E-state index in [0.717, 1.165) is 53.4 Å². The third-order valence-electron chi connectivity index (χ3n) is 6.32. The second kappa shape index (κ2) is 11.6. The summed E-state index contributed by atoms with van der Waals surface area (Å²) >= 11 is 3.43. The summed E-state index contributed by atoms with van der Waals surface area (Å²) in [6, 6.07) is 19.8. The van der Waals surface area contributed by atoms with Crippen LogP contribution in [0.2, 0.25) is 0 Å². The number of methoxy groups -OCH3 is 1. The number of amides is 1. The molecule has 0 unspecified atom stereocenters. The van der Waals surface area contributed by atoms with Crippen molar-refractivity contribution < 1.29 is 13.9 Å². The predicted molar refractivity (Wildman–Crippen MR) is 144 cm³/mol. The summed E-state index contributed by atoms with van der Waals surface area (Å²) in [6.07, 6.45) is 1.84. The SMILES string of the molecule is COc1cccc(N2CCN(Cc3cn(CC(=O)NCc4ccc(-c5ccc(Br)cc5)o4)nn3)CC2)c1. The van der Waals surface area contributed by atoms with E-state index in [1.165, 1.54) is 5.69 Å². The van der Waals surface area contributed by atoms with Crippen molar-refractivity contribution >= 4 is 27.5 Å². The number of aromatic nitrogens is 3. The molecule has 1 aliphatic rings. The van der Waals surface area contributed by atoms with E-state index in [4.69, 9.17) is 9.15 Å². The first-order chi connectivity index (χ1) is 18.1. The van der Waals surface area contributed by atoms with E-state index in [1.54, 1.807) is 11.8 Å². The van der Waals surface area contributed by atoms with E-state index in [0.29, 0.717) is 18.8 Å². The first-order valence-corrected chi connectivity index (χ1v) is 13.0. The monoisotopic (exact) mass is 564 g/mol. The number of hydrogen-bond donors (Lipinski definition) is 1. The molecule has 192 valence electrons. The van der Waals surface area contributed by atoms with Gasteiger partial charge in [-0.05, 0) is 36.4 Å². The van der Waals surface area contributed by atoms with Crippen molar-refractivity contribution in [2.24, 2.45) is 0 Å². The number of rotatable bonds is 9. The number of hydrogen-bond acceptors (Lipinski definition) is 7. The Morgan fingerprint density at radius 2 is 1.89 bits per heavy atom. The number of benzene rings is 2. The zero-order chi connectivity index (χ0) is 25.6. The lowest BCUT2D eigenvalue weighted by Gasteiger charge is -2.35. The van der Waals surface area contributed by atoms with Gasteiger partial charge in [0.25, 0.3) is 0 Å². The van der Waals surface area contributed by atoms with E-state index in [9.17, 15) is 4.79 Å². The summed E-state index contributed by atoms with van der Waals surface area (Å²) in [5.74, 6) is 2.18. The lowest BCUT2D eigenvalue weighted by atomic mass is 10.2. The third-order valence-corrected chi connectivity index (χ3v) is 6.85. The van der Waals surface area contributed by atoms with Gasteiger partial charge in [0.1, 0.15) is 23.8 Å². The van der Waals surface area contributed by atoms with Crippen LogP contribution in [-0.4, -0.2) is 59.1 Å². The minimum atomic E-state index is -0.148. The van der Waals surface area contributed by atoms with Crippen LogP contribution in [-0.2, 0) is 24.4 Å². The number of carbonyl (C=O) groups is 1. The van der Waals surface area contributed by atoms with Crippen molar-refractivity contribution in [2.75, 3.05) is 38.2 Å². The molecule has 5 rings (SSSR count). The Bertz CT molecular complexity index is 1330. The molecule has 10 heteroatoms. The molecule has 1 amide bonds. The van der Waals surface area contributed by atoms with Gasteiger partial charge < -0.3 is 19.4 Å². The molecule has 0 aliphatic carbocycles. The molecule has 0 spiro atoms. The maximum atomic E-state index is 12.4. The van der Waals surface area contributed by atoms with Crippen LogP contribution in [0.25, 0.3) is 11.3 Å². The highest BCUT2D eigenvalue weighted by Crippen LogP contribution is 2.24. The van der Waals surface area contributed by atoms with Crippen LogP contribution in [0.3, 0.4) is 0 Å². The summed E-state index contributed by atoms with van der Waals surface area (Å²) in [5.41, 5.74) is 3.01. The molecule has 3 heterocycles. The molecule has 0 radical (unpaired) electrons. The van der Waals surface area contributed by atoms with Gasteiger partial charge in [-0.3, -0.25) is 9.69 Å². The van der Waals surface area contributed by atoms with Crippen molar-refractivity contribution in [1.29, 1.82) is 0 Å². The van der Waals surface area contributed by atoms with Gasteiger partial charge in [-0.25, -0.2) is 4.68 Å². The van der Waals surface area contributed by atoms with Gasteiger partial charge >= 0.3 is 0 Å². The summed E-state index contributed by atoms with van der Waals surface area (Å²) in [6.45, 7) is 4.84. The molecule has 9 nitrogen and oxygen atoms in total.